The van der Waals surface area contributed by atoms with E-state index in [-0.39, 0.29) is 17.6 Å². The number of benzene rings is 1. The van der Waals surface area contributed by atoms with Crippen LogP contribution in [0.2, 0.25) is 0 Å². The molecule has 0 bridgehead atoms. The molecule has 1 saturated carbocycles. The second kappa shape index (κ2) is 7.21. The monoisotopic (exact) mass is 390 g/mol. The number of anilines is 3. The van der Waals surface area contributed by atoms with Crippen molar-refractivity contribution in [1.82, 2.24) is 15.2 Å². The van der Waals surface area contributed by atoms with Crippen molar-refractivity contribution in [3.8, 4) is 0 Å². The van der Waals surface area contributed by atoms with Crippen molar-refractivity contribution < 1.29 is 4.42 Å². The minimum atomic E-state index is -0.294. The van der Waals surface area contributed by atoms with E-state index >= 15 is 0 Å². The highest BCUT2D eigenvalue weighted by Gasteiger charge is 2.22. The number of aromatic amines is 1. The Kier molecular flexibility index (Phi) is 4.40. The third-order valence-electron chi connectivity index (χ3n) is 5.55. The van der Waals surface area contributed by atoms with E-state index in [9.17, 15) is 4.79 Å². The summed E-state index contributed by atoms with van der Waals surface area (Å²) in [6.07, 6.45) is 7.58. The molecule has 148 valence electrons. The maximum absolute atomic E-state index is 12.5. The van der Waals surface area contributed by atoms with Crippen LogP contribution in [-0.4, -0.2) is 27.3 Å². The zero-order chi connectivity index (χ0) is 19.8. The van der Waals surface area contributed by atoms with Gasteiger partial charge in [0, 0.05) is 22.9 Å². The molecule has 5 N–H and O–H groups in total. The van der Waals surface area contributed by atoms with Gasteiger partial charge >= 0.3 is 0 Å². The van der Waals surface area contributed by atoms with E-state index in [1.807, 2.05) is 30.3 Å². The molecule has 0 saturated heterocycles. The maximum atomic E-state index is 12.5. The lowest BCUT2D eigenvalue weighted by Crippen LogP contribution is -2.42. The fourth-order valence-corrected chi connectivity index (χ4v) is 4.05. The first kappa shape index (κ1) is 17.7. The minimum Gasteiger partial charge on any atom is -0.464 e. The highest BCUT2D eigenvalue weighted by atomic mass is 16.3. The van der Waals surface area contributed by atoms with Crippen LogP contribution in [0.3, 0.4) is 0 Å². The smallest absolute Gasteiger partial charge is 0.275 e. The summed E-state index contributed by atoms with van der Waals surface area (Å²) in [4.78, 5) is 17.2. The SMILES string of the molecule is NC1CCCCC1Nc1cc2cn[nH]c(=O)c2c(Nc2cccc3occc23)n1. The summed E-state index contributed by atoms with van der Waals surface area (Å²) in [5.41, 5.74) is 7.57. The van der Waals surface area contributed by atoms with E-state index in [4.69, 9.17) is 15.1 Å². The number of nitrogens with one attached hydrogen (secondary N) is 3. The van der Waals surface area contributed by atoms with Crippen molar-refractivity contribution in [2.75, 3.05) is 10.6 Å². The molecule has 2 unspecified atom stereocenters. The third kappa shape index (κ3) is 3.31. The summed E-state index contributed by atoms with van der Waals surface area (Å²) in [7, 11) is 0. The molecule has 1 aliphatic rings. The highest BCUT2D eigenvalue weighted by molar-refractivity contribution is 5.98. The first-order valence-electron chi connectivity index (χ1n) is 9.83. The summed E-state index contributed by atoms with van der Waals surface area (Å²) >= 11 is 0. The number of nitrogens with zero attached hydrogens (tertiary/aromatic N) is 2. The Bertz CT molecular complexity index is 1230. The van der Waals surface area contributed by atoms with Crippen LogP contribution >= 0.6 is 0 Å². The molecule has 5 rings (SSSR count). The molecule has 4 aromatic rings. The Hall–Kier alpha value is -3.39. The van der Waals surface area contributed by atoms with E-state index in [2.05, 4.69) is 20.8 Å². The molecular weight excluding hydrogens is 368 g/mol. The van der Waals surface area contributed by atoms with Gasteiger partial charge in [-0.05, 0) is 37.1 Å². The van der Waals surface area contributed by atoms with Gasteiger partial charge in [0.25, 0.3) is 5.56 Å². The van der Waals surface area contributed by atoms with E-state index in [0.717, 1.165) is 42.3 Å². The Morgan fingerprint density at radius 1 is 1.21 bits per heavy atom. The van der Waals surface area contributed by atoms with Crippen molar-refractivity contribution in [2.45, 2.75) is 37.8 Å². The van der Waals surface area contributed by atoms with Crippen molar-refractivity contribution in [1.29, 1.82) is 0 Å². The van der Waals surface area contributed by atoms with Crippen molar-refractivity contribution in [3.63, 3.8) is 0 Å². The number of aromatic nitrogens is 3. The third-order valence-corrected chi connectivity index (χ3v) is 5.55. The van der Waals surface area contributed by atoms with Crippen LogP contribution in [0.5, 0.6) is 0 Å². The summed E-state index contributed by atoms with van der Waals surface area (Å²) in [5.74, 6) is 1.14. The standard InChI is InChI=1S/C21H22N6O2/c22-14-4-1-2-5-16(14)24-18-10-12-11-23-27-21(28)19(12)20(26-18)25-15-6-3-7-17-13(15)8-9-29-17/h3,6-11,14,16H,1-2,4-5,22H2,(H,27,28)(H2,24,25,26). The van der Waals surface area contributed by atoms with Crippen LogP contribution in [0.4, 0.5) is 17.3 Å². The van der Waals surface area contributed by atoms with Gasteiger partial charge in [-0.2, -0.15) is 5.10 Å². The molecule has 3 heterocycles. The number of furan rings is 1. The maximum Gasteiger partial charge on any atom is 0.275 e. The molecule has 1 aliphatic carbocycles. The van der Waals surface area contributed by atoms with Crippen LogP contribution in [0.15, 0.2) is 52.0 Å². The lowest BCUT2D eigenvalue weighted by molar-refractivity contribution is 0.403. The van der Waals surface area contributed by atoms with Crippen LogP contribution in [-0.2, 0) is 0 Å². The minimum absolute atomic E-state index is 0.0923. The second-order valence-electron chi connectivity index (χ2n) is 7.48. The van der Waals surface area contributed by atoms with Gasteiger partial charge in [0.15, 0.2) is 0 Å². The summed E-state index contributed by atoms with van der Waals surface area (Å²) < 4.78 is 5.48. The van der Waals surface area contributed by atoms with Crippen LogP contribution in [0, 0.1) is 0 Å². The fourth-order valence-electron chi connectivity index (χ4n) is 4.05. The van der Waals surface area contributed by atoms with Gasteiger partial charge in [-0.3, -0.25) is 4.79 Å². The van der Waals surface area contributed by atoms with Gasteiger partial charge in [0.1, 0.15) is 17.2 Å². The lowest BCUT2D eigenvalue weighted by Gasteiger charge is -2.30. The number of nitrogens with two attached hydrogens (primary N) is 1. The summed E-state index contributed by atoms with van der Waals surface area (Å²) in [5, 5.41) is 15.3. The molecule has 8 nitrogen and oxygen atoms in total. The number of hydrogen-bond donors (Lipinski definition) is 4. The molecule has 1 fully saturated rings. The zero-order valence-corrected chi connectivity index (χ0v) is 15.8. The number of H-pyrrole nitrogens is 1. The average molecular weight is 390 g/mol. The van der Waals surface area contributed by atoms with Gasteiger partial charge in [-0.25, -0.2) is 10.1 Å². The van der Waals surface area contributed by atoms with E-state index in [0.29, 0.717) is 22.4 Å². The quantitative estimate of drug-likeness (QED) is 0.421. The number of fused-ring (bicyclic) bond motifs is 2. The number of pyridine rings is 1. The van der Waals surface area contributed by atoms with Gasteiger partial charge < -0.3 is 20.8 Å². The summed E-state index contributed by atoms with van der Waals surface area (Å²) in [6, 6.07) is 9.70. The number of rotatable bonds is 4. The molecule has 8 heteroatoms. The van der Waals surface area contributed by atoms with Gasteiger partial charge in [-0.15, -0.1) is 0 Å². The average Bonchev–Trinajstić information content (AvgIpc) is 3.20. The first-order valence-corrected chi connectivity index (χ1v) is 9.83. The second-order valence-corrected chi connectivity index (χ2v) is 7.48. The van der Waals surface area contributed by atoms with E-state index in [1.165, 1.54) is 0 Å². The summed E-state index contributed by atoms with van der Waals surface area (Å²) in [6.45, 7) is 0. The molecule has 3 aromatic heterocycles. The molecule has 1 aromatic carbocycles. The molecule has 0 spiro atoms. The predicted octanol–water partition coefficient (Wildman–Crippen LogP) is 3.49. The van der Waals surface area contributed by atoms with Crippen molar-refractivity contribution in [3.05, 3.63) is 53.1 Å². The Balaban J connectivity index is 1.59. The molecule has 0 amide bonds. The molecule has 0 radical (unpaired) electrons. The number of hydrogen-bond acceptors (Lipinski definition) is 7. The normalized spacial score (nSPS) is 19.5. The van der Waals surface area contributed by atoms with Crippen LogP contribution in [0.25, 0.3) is 21.7 Å². The van der Waals surface area contributed by atoms with E-state index < -0.39 is 0 Å². The Labute approximate surface area is 166 Å². The van der Waals surface area contributed by atoms with Gasteiger partial charge in [0.2, 0.25) is 0 Å². The molecular formula is C21H22N6O2. The Morgan fingerprint density at radius 3 is 3.00 bits per heavy atom. The predicted molar refractivity (Wildman–Crippen MR) is 114 cm³/mol. The Morgan fingerprint density at radius 2 is 2.10 bits per heavy atom. The lowest BCUT2D eigenvalue weighted by atomic mass is 9.91. The molecule has 29 heavy (non-hydrogen) atoms. The molecule has 2 atom stereocenters. The fraction of sp³-hybridized carbons (Fsp3) is 0.286. The van der Waals surface area contributed by atoms with Crippen LogP contribution in [0.1, 0.15) is 25.7 Å². The first-order chi connectivity index (χ1) is 14.2. The van der Waals surface area contributed by atoms with Crippen LogP contribution < -0.4 is 21.9 Å². The molecule has 0 aliphatic heterocycles. The van der Waals surface area contributed by atoms with Gasteiger partial charge in [-0.1, -0.05) is 18.9 Å². The van der Waals surface area contributed by atoms with Crippen molar-refractivity contribution in [2.24, 2.45) is 5.73 Å². The largest absolute Gasteiger partial charge is 0.464 e. The highest BCUT2D eigenvalue weighted by Crippen LogP contribution is 2.30. The zero-order valence-electron chi connectivity index (χ0n) is 15.8. The van der Waals surface area contributed by atoms with E-state index in [1.54, 1.807) is 12.5 Å². The van der Waals surface area contributed by atoms with Gasteiger partial charge in [0.05, 0.1) is 23.5 Å². The van der Waals surface area contributed by atoms with Crippen molar-refractivity contribution >= 4 is 39.1 Å². The topological polar surface area (TPSA) is 122 Å².